The molecule has 0 bridgehead atoms. The number of carbonyl (C=O) groups excluding carboxylic acids is 1. The van der Waals surface area contributed by atoms with Gasteiger partial charge in [-0.1, -0.05) is 6.92 Å². The number of halogens is 2. The molecule has 1 unspecified atom stereocenters. The van der Waals surface area contributed by atoms with Gasteiger partial charge in [0.05, 0.1) is 10.0 Å². The van der Waals surface area contributed by atoms with Gasteiger partial charge in [0, 0.05) is 25.3 Å². The van der Waals surface area contributed by atoms with Gasteiger partial charge in [-0.15, -0.1) is 12.4 Å². The molecule has 0 saturated carbocycles. The number of carbonyl (C=O) groups is 1. The van der Waals surface area contributed by atoms with E-state index in [2.05, 4.69) is 33.2 Å². The molecule has 20 heavy (non-hydrogen) atoms. The van der Waals surface area contributed by atoms with Crippen LogP contribution in [0.5, 0.6) is 0 Å². The van der Waals surface area contributed by atoms with Crippen LogP contribution < -0.4 is 10.9 Å². The van der Waals surface area contributed by atoms with Crippen molar-refractivity contribution in [3.8, 4) is 0 Å². The summed E-state index contributed by atoms with van der Waals surface area (Å²) >= 11 is 3.16. The van der Waals surface area contributed by atoms with Crippen LogP contribution in [-0.4, -0.2) is 41.5 Å². The fourth-order valence-electron chi connectivity index (χ4n) is 2.34. The third-order valence-corrected chi connectivity index (χ3v) is 3.89. The van der Waals surface area contributed by atoms with Gasteiger partial charge in [-0.05, 0) is 41.4 Å². The predicted octanol–water partition coefficient (Wildman–Crippen LogP) is 1.77. The number of rotatable bonds is 4. The molecule has 0 radical (unpaired) electrons. The highest BCUT2D eigenvalue weighted by Gasteiger charge is 2.26. The van der Waals surface area contributed by atoms with Crippen LogP contribution in [0.3, 0.4) is 0 Å². The molecule has 1 aliphatic heterocycles. The molecule has 5 nitrogen and oxygen atoms in total. The van der Waals surface area contributed by atoms with Crippen molar-refractivity contribution in [2.45, 2.75) is 25.8 Å². The summed E-state index contributed by atoms with van der Waals surface area (Å²) in [6, 6.07) is 1.84. The van der Waals surface area contributed by atoms with E-state index < -0.39 is 0 Å². The third-order valence-electron chi connectivity index (χ3n) is 3.31. The fraction of sp³-hybridized carbons (Fsp3) is 0.538. The van der Waals surface area contributed by atoms with Crippen molar-refractivity contribution in [1.82, 2.24) is 15.2 Å². The molecular formula is C13H19BrClN3O2. The quantitative estimate of drug-likeness (QED) is 0.856. The van der Waals surface area contributed by atoms with Crippen molar-refractivity contribution >= 4 is 34.2 Å². The molecule has 1 saturated heterocycles. The minimum atomic E-state index is -0.221. The number of hydrogen-bond donors (Lipinski definition) is 2. The Morgan fingerprint density at radius 3 is 2.85 bits per heavy atom. The molecule has 2 N–H and O–H groups in total. The van der Waals surface area contributed by atoms with Gasteiger partial charge in [0.15, 0.2) is 0 Å². The molecule has 1 aliphatic rings. The van der Waals surface area contributed by atoms with E-state index in [1.54, 1.807) is 6.07 Å². The average molecular weight is 365 g/mol. The number of amides is 1. The number of nitrogens with one attached hydrogen (secondary N) is 2. The molecule has 0 aromatic carbocycles. The molecule has 0 aliphatic carbocycles. The van der Waals surface area contributed by atoms with E-state index in [1.165, 1.54) is 6.20 Å². The second-order valence-electron chi connectivity index (χ2n) is 4.71. The molecule has 1 aromatic heterocycles. The zero-order valence-corrected chi connectivity index (χ0v) is 13.7. The number of nitrogens with zero attached hydrogens (tertiary/aromatic N) is 1. The lowest BCUT2D eigenvalue weighted by Gasteiger charge is -2.28. The summed E-state index contributed by atoms with van der Waals surface area (Å²) in [5, 5.41) is 3.28. The summed E-state index contributed by atoms with van der Waals surface area (Å²) in [6.45, 7) is 4.59. The van der Waals surface area contributed by atoms with Crippen LogP contribution in [0.1, 0.15) is 30.1 Å². The zero-order chi connectivity index (χ0) is 13.8. The second kappa shape index (κ2) is 7.81. The van der Waals surface area contributed by atoms with Crippen LogP contribution in [0, 0.1) is 0 Å². The Morgan fingerprint density at radius 2 is 2.30 bits per heavy atom. The van der Waals surface area contributed by atoms with Gasteiger partial charge in [-0.2, -0.15) is 0 Å². The van der Waals surface area contributed by atoms with Crippen LogP contribution in [0.4, 0.5) is 0 Å². The largest absolute Gasteiger partial charge is 0.334 e. The van der Waals surface area contributed by atoms with Crippen LogP contribution in [0.15, 0.2) is 21.5 Å². The first-order valence-corrected chi connectivity index (χ1v) is 7.32. The maximum absolute atomic E-state index is 12.5. The fourth-order valence-corrected chi connectivity index (χ4v) is 2.70. The summed E-state index contributed by atoms with van der Waals surface area (Å²) in [7, 11) is 0. The van der Waals surface area contributed by atoms with Crippen LogP contribution >= 0.6 is 28.3 Å². The Labute approximate surface area is 132 Å². The van der Waals surface area contributed by atoms with Crippen molar-refractivity contribution in [3.05, 3.63) is 32.7 Å². The minimum Gasteiger partial charge on any atom is -0.334 e. The van der Waals surface area contributed by atoms with Crippen LogP contribution in [-0.2, 0) is 0 Å². The van der Waals surface area contributed by atoms with Crippen molar-refractivity contribution in [2.24, 2.45) is 0 Å². The van der Waals surface area contributed by atoms with E-state index >= 15 is 0 Å². The van der Waals surface area contributed by atoms with Gasteiger partial charge in [0.2, 0.25) is 0 Å². The molecule has 0 spiro atoms. The first kappa shape index (κ1) is 17.2. The van der Waals surface area contributed by atoms with E-state index in [0.717, 1.165) is 32.5 Å². The van der Waals surface area contributed by atoms with Crippen LogP contribution in [0.2, 0.25) is 0 Å². The van der Waals surface area contributed by atoms with Gasteiger partial charge < -0.3 is 15.2 Å². The molecule has 2 heterocycles. The number of pyridine rings is 1. The SMILES string of the molecule is CCCN(C(=O)c1c[nH]c(=O)c(Br)c1)C1CCNC1.Cl. The number of aromatic amines is 1. The van der Waals surface area contributed by atoms with E-state index in [9.17, 15) is 9.59 Å². The topological polar surface area (TPSA) is 65.2 Å². The number of aromatic nitrogens is 1. The standard InChI is InChI=1S/C13H18BrN3O2.ClH/c1-2-5-17(10-3-4-15-8-10)13(19)9-6-11(14)12(18)16-7-9;/h6-7,10,15H,2-5,8H2,1H3,(H,16,18);1H. The van der Waals surface area contributed by atoms with Crippen molar-refractivity contribution in [2.75, 3.05) is 19.6 Å². The number of H-pyrrole nitrogens is 1. The normalized spacial score (nSPS) is 17.6. The van der Waals surface area contributed by atoms with Crippen LogP contribution in [0.25, 0.3) is 0 Å². The molecule has 7 heteroatoms. The summed E-state index contributed by atoms with van der Waals surface area (Å²) in [5.41, 5.74) is 0.299. The Bertz CT molecular complexity index is 515. The minimum absolute atomic E-state index is 0. The average Bonchev–Trinajstić information content (AvgIpc) is 2.92. The lowest BCUT2D eigenvalue weighted by Crippen LogP contribution is -2.42. The smallest absolute Gasteiger partial charge is 0.262 e. The first-order valence-electron chi connectivity index (χ1n) is 6.53. The Kier molecular flexibility index (Phi) is 6.71. The molecular weight excluding hydrogens is 346 g/mol. The lowest BCUT2D eigenvalue weighted by atomic mass is 10.1. The van der Waals surface area contributed by atoms with Crippen molar-refractivity contribution in [1.29, 1.82) is 0 Å². The van der Waals surface area contributed by atoms with Crippen molar-refractivity contribution in [3.63, 3.8) is 0 Å². The Balaban J connectivity index is 0.00000200. The Hall–Kier alpha value is -0.850. The molecule has 1 atom stereocenters. The summed E-state index contributed by atoms with van der Waals surface area (Å²) in [5.74, 6) is -0.0208. The van der Waals surface area contributed by atoms with E-state index in [-0.39, 0.29) is 29.9 Å². The summed E-state index contributed by atoms with van der Waals surface area (Å²) < 4.78 is 0.388. The third kappa shape index (κ3) is 3.84. The first-order chi connectivity index (χ1) is 9.13. The summed E-state index contributed by atoms with van der Waals surface area (Å²) in [6.07, 6.45) is 3.39. The van der Waals surface area contributed by atoms with Gasteiger partial charge in [-0.25, -0.2) is 0 Å². The van der Waals surface area contributed by atoms with E-state index in [1.807, 2.05) is 4.90 Å². The second-order valence-corrected chi connectivity index (χ2v) is 5.56. The maximum Gasteiger partial charge on any atom is 0.262 e. The lowest BCUT2D eigenvalue weighted by molar-refractivity contribution is 0.0691. The maximum atomic E-state index is 12.5. The highest BCUT2D eigenvalue weighted by molar-refractivity contribution is 9.10. The highest BCUT2D eigenvalue weighted by Crippen LogP contribution is 2.15. The Morgan fingerprint density at radius 1 is 1.55 bits per heavy atom. The molecule has 2 rings (SSSR count). The molecule has 1 amide bonds. The van der Waals surface area contributed by atoms with Gasteiger partial charge in [0.25, 0.3) is 11.5 Å². The zero-order valence-electron chi connectivity index (χ0n) is 11.3. The highest BCUT2D eigenvalue weighted by atomic mass is 79.9. The molecule has 1 fully saturated rings. The van der Waals surface area contributed by atoms with Gasteiger partial charge in [0.1, 0.15) is 0 Å². The monoisotopic (exact) mass is 363 g/mol. The van der Waals surface area contributed by atoms with E-state index in [0.29, 0.717) is 10.0 Å². The van der Waals surface area contributed by atoms with Crippen molar-refractivity contribution < 1.29 is 4.79 Å². The predicted molar refractivity (Wildman–Crippen MR) is 84.6 cm³/mol. The van der Waals surface area contributed by atoms with Gasteiger partial charge in [-0.3, -0.25) is 9.59 Å². The summed E-state index contributed by atoms with van der Waals surface area (Å²) in [4.78, 5) is 28.3. The molecule has 1 aromatic rings. The number of hydrogen-bond acceptors (Lipinski definition) is 3. The van der Waals surface area contributed by atoms with Gasteiger partial charge >= 0.3 is 0 Å². The molecule has 112 valence electrons. The van der Waals surface area contributed by atoms with E-state index in [4.69, 9.17) is 0 Å².